The maximum Gasteiger partial charge on any atom is 0.335 e. The smallest absolute Gasteiger partial charge is 0.335 e. The molecule has 0 spiro atoms. The van der Waals surface area contributed by atoms with Crippen molar-refractivity contribution in [3.8, 4) is 17.3 Å². The number of ether oxygens (including phenoxy) is 1. The van der Waals surface area contributed by atoms with Crippen LogP contribution in [0.1, 0.15) is 38.2 Å². The Labute approximate surface area is 213 Å². The standard InChI is InChI=1S/C27H30N4O6/c1-2-37-21-11-7-6-10-20(21)31-25(33)22(24(32)30-27(31)36)23(29-19-8-4-3-5-9-19)28-16-17-12-14-18(15-13-17)26(34)35/h3-11,17-18,33H,2,12-16H2,1H3,(H,28,29)(H,34,35)(H,30,32,36). The van der Waals surface area contributed by atoms with Crippen LogP contribution in [0.25, 0.3) is 5.69 Å². The van der Waals surface area contributed by atoms with Crippen LogP contribution in [0.2, 0.25) is 0 Å². The maximum absolute atomic E-state index is 13.0. The molecule has 194 valence electrons. The van der Waals surface area contributed by atoms with E-state index < -0.39 is 23.1 Å². The number of aromatic amines is 1. The number of para-hydroxylation sites is 3. The summed E-state index contributed by atoms with van der Waals surface area (Å²) in [7, 11) is 0. The van der Waals surface area contributed by atoms with Gasteiger partial charge in [0.25, 0.3) is 5.56 Å². The average molecular weight is 507 g/mol. The molecule has 1 aromatic heterocycles. The number of H-pyrrole nitrogens is 1. The van der Waals surface area contributed by atoms with Crippen molar-refractivity contribution in [1.29, 1.82) is 0 Å². The normalized spacial score (nSPS) is 17.8. The van der Waals surface area contributed by atoms with E-state index in [2.05, 4.69) is 15.3 Å². The minimum absolute atomic E-state index is 0.105. The summed E-state index contributed by atoms with van der Waals surface area (Å²) in [5.41, 5.74) is -0.875. The van der Waals surface area contributed by atoms with E-state index in [1.165, 1.54) is 0 Å². The number of aliphatic carboxylic acids is 1. The number of benzene rings is 2. The highest BCUT2D eigenvalue weighted by atomic mass is 16.5. The molecule has 1 heterocycles. The molecule has 3 aromatic rings. The van der Waals surface area contributed by atoms with E-state index in [1.807, 2.05) is 18.2 Å². The van der Waals surface area contributed by atoms with Crippen molar-refractivity contribution in [3.05, 3.63) is 81.0 Å². The maximum atomic E-state index is 13.0. The summed E-state index contributed by atoms with van der Waals surface area (Å²) in [4.78, 5) is 44.1. The molecule has 37 heavy (non-hydrogen) atoms. The summed E-state index contributed by atoms with van der Waals surface area (Å²) in [5.74, 6) is -1.09. The summed E-state index contributed by atoms with van der Waals surface area (Å²) in [6.07, 6.45) is 2.54. The van der Waals surface area contributed by atoms with Crippen LogP contribution in [0.4, 0.5) is 5.69 Å². The van der Waals surface area contributed by atoms with Gasteiger partial charge in [0, 0.05) is 12.2 Å². The van der Waals surface area contributed by atoms with Crippen molar-refractivity contribution in [2.75, 3.05) is 18.5 Å². The van der Waals surface area contributed by atoms with Crippen LogP contribution >= 0.6 is 0 Å². The molecule has 1 fully saturated rings. The van der Waals surface area contributed by atoms with Crippen molar-refractivity contribution < 1.29 is 19.7 Å². The minimum Gasteiger partial charge on any atom is -0.493 e. The Kier molecular flexibility index (Phi) is 8.07. The first-order chi connectivity index (χ1) is 17.9. The van der Waals surface area contributed by atoms with Crippen LogP contribution in [0.15, 0.2) is 69.2 Å². The van der Waals surface area contributed by atoms with Gasteiger partial charge in [-0.05, 0) is 62.8 Å². The molecule has 0 aliphatic heterocycles. The molecular weight excluding hydrogens is 476 g/mol. The van der Waals surface area contributed by atoms with Gasteiger partial charge in [-0.2, -0.15) is 0 Å². The lowest BCUT2D eigenvalue weighted by Gasteiger charge is -2.25. The highest BCUT2D eigenvalue weighted by Gasteiger charge is 2.27. The van der Waals surface area contributed by atoms with Gasteiger partial charge < -0.3 is 20.3 Å². The first-order valence-electron chi connectivity index (χ1n) is 12.3. The third-order valence-electron chi connectivity index (χ3n) is 6.47. The Bertz CT molecular complexity index is 1390. The van der Waals surface area contributed by atoms with Crippen molar-refractivity contribution in [3.63, 3.8) is 0 Å². The van der Waals surface area contributed by atoms with Crippen molar-refractivity contribution >= 4 is 17.5 Å². The zero-order valence-corrected chi connectivity index (χ0v) is 20.5. The topological polar surface area (TPSA) is 146 Å². The van der Waals surface area contributed by atoms with Crippen molar-refractivity contribution in [1.82, 2.24) is 9.55 Å². The Balaban J connectivity index is 1.76. The number of rotatable bonds is 8. The molecule has 0 bridgehead atoms. The molecule has 0 radical (unpaired) electrons. The minimum atomic E-state index is -0.815. The first-order valence-corrected chi connectivity index (χ1v) is 12.3. The van der Waals surface area contributed by atoms with Gasteiger partial charge in [0.1, 0.15) is 17.1 Å². The fourth-order valence-electron chi connectivity index (χ4n) is 4.53. The van der Waals surface area contributed by atoms with E-state index in [1.54, 1.807) is 43.3 Å². The first kappa shape index (κ1) is 25.7. The molecule has 10 nitrogen and oxygen atoms in total. The third kappa shape index (κ3) is 5.91. The van der Waals surface area contributed by atoms with Gasteiger partial charge in [0.2, 0.25) is 5.88 Å². The number of carboxylic acids is 1. The van der Waals surface area contributed by atoms with Crippen molar-refractivity contribution in [2.45, 2.75) is 32.6 Å². The number of hydrogen-bond donors (Lipinski definition) is 4. The number of anilines is 1. The molecule has 2 aromatic carbocycles. The lowest BCUT2D eigenvalue weighted by molar-refractivity contribution is -0.143. The Morgan fingerprint density at radius 2 is 1.76 bits per heavy atom. The van der Waals surface area contributed by atoms with Gasteiger partial charge in [-0.25, -0.2) is 9.36 Å². The predicted molar refractivity (Wildman–Crippen MR) is 140 cm³/mol. The van der Waals surface area contributed by atoms with Crippen LogP contribution < -0.4 is 21.3 Å². The molecular formula is C27H30N4O6. The molecule has 4 N–H and O–H groups in total. The van der Waals surface area contributed by atoms with E-state index in [0.717, 1.165) is 4.57 Å². The zero-order valence-electron chi connectivity index (χ0n) is 20.5. The van der Waals surface area contributed by atoms with Crippen LogP contribution in [-0.4, -0.2) is 44.7 Å². The molecule has 4 rings (SSSR count). The summed E-state index contributed by atoms with van der Waals surface area (Å²) >= 11 is 0. The lowest BCUT2D eigenvalue weighted by atomic mass is 9.82. The Morgan fingerprint density at radius 3 is 2.43 bits per heavy atom. The van der Waals surface area contributed by atoms with E-state index >= 15 is 0 Å². The predicted octanol–water partition coefficient (Wildman–Crippen LogP) is 3.38. The van der Waals surface area contributed by atoms with Gasteiger partial charge >= 0.3 is 11.7 Å². The third-order valence-corrected chi connectivity index (χ3v) is 6.47. The van der Waals surface area contributed by atoms with Crippen LogP contribution in [0, 0.1) is 11.8 Å². The van der Waals surface area contributed by atoms with Crippen LogP contribution in [0.3, 0.4) is 0 Å². The van der Waals surface area contributed by atoms with Gasteiger partial charge in [-0.15, -0.1) is 0 Å². The fourth-order valence-corrected chi connectivity index (χ4v) is 4.53. The summed E-state index contributed by atoms with van der Waals surface area (Å²) in [5, 5.41) is 23.7. The molecule has 0 atom stereocenters. The number of aromatic hydroxyl groups is 1. The monoisotopic (exact) mass is 506 g/mol. The summed E-state index contributed by atoms with van der Waals surface area (Å²) < 4.78 is 6.62. The highest BCUT2D eigenvalue weighted by molar-refractivity contribution is 6.09. The van der Waals surface area contributed by atoms with E-state index in [-0.39, 0.29) is 28.9 Å². The molecule has 1 saturated carbocycles. The largest absolute Gasteiger partial charge is 0.493 e. The number of carbonyl (C=O) groups is 1. The molecule has 0 amide bonds. The number of aromatic nitrogens is 2. The number of nitrogens with zero attached hydrogens (tertiary/aromatic N) is 2. The fraction of sp³-hybridized carbons (Fsp3) is 0.333. The second kappa shape index (κ2) is 11.6. The van der Waals surface area contributed by atoms with Gasteiger partial charge in [-0.1, -0.05) is 30.3 Å². The van der Waals surface area contributed by atoms with Crippen LogP contribution in [0.5, 0.6) is 11.6 Å². The number of hydrogen-bond acceptors (Lipinski definition) is 6. The second-order valence-corrected chi connectivity index (χ2v) is 8.93. The van der Waals surface area contributed by atoms with Crippen LogP contribution in [-0.2, 0) is 4.79 Å². The number of aliphatic imine (C=N–C) groups is 1. The second-order valence-electron chi connectivity index (χ2n) is 8.93. The molecule has 0 unspecified atom stereocenters. The van der Waals surface area contributed by atoms with Gasteiger partial charge in [0.05, 0.1) is 18.2 Å². The molecule has 1 aliphatic rings. The van der Waals surface area contributed by atoms with E-state index in [9.17, 15) is 24.6 Å². The average Bonchev–Trinajstić information content (AvgIpc) is 2.89. The molecule has 1 aliphatic carbocycles. The zero-order chi connectivity index (χ0) is 26.4. The highest BCUT2D eigenvalue weighted by Crippen LogP contribution is 2.30. The lowest BCUT2D eigenvalue weighted by Crippen LogP contribution is -2.35. The summed E-state index contributed by atoms with van der Waals surface area (Å²) in [6.45, 7) is 2.47. The van der Waals surface area contributed by atoms with E-state index in [0.29, 0.717) is 50.3 Å². The number of carboxylic acid groups (broad SMARTS) is 1. The SMILES string of the molecule is CCOc1ccccc1-n1c(O)c(C(=NCC2CCC(C(=O)O)CC2)Nc2ccccc2)c(=O)[nH]c1=O. The van der Waals surface area contributed by atoms with Gasteiger partial charge in [0.15, 0.2) is 0 Å². The molecule has 10 heteroatoms. The van der Waals surface area contributed by atoms with E-state index in [4.69, 9.17) is 4.74 Å². The quantitative estimate of drug-likeness (QED) is 0.271. The molecule has 0 saturated heterocycles. The number of amidine groups is 1. The van der Waals surface area contributed by atoms with Crippen molar-refractivity contribution in [2.24, 2.45) is 16.8 Å². The Morgan fingerprint density at radius 1 is 1.08 bits per heavy atom. The van der Waals surface area contributed by atoms with Gasteiger partial charge in [-0.3, -0.25) is 19.6 Å². The summed E-state index contributed by atoms with van der Waals surface area (Å²) in [6, 6.07) is 15.8. The number of nitrogens with one attached hydrogen (secondary N) is 2. The Hall–Kier alpha value is -4.34.